The Hall–Kier alpha value is -0.930. The largest absolute Gasteiger partial charge is 0.316 e. The minimum absolute atomic E-state index is 0.166. The smallest absolute Gasteiger partial charge is 0.123 e. The number of halogens is 1. The fourth-order valence-electron chi connectivity index (χ4n) is 2.12. The Bertz CT molecular complexity index is 304. The van der Waals surface area contributed by atoms with Gasteiger partial charge in [-0.25, -0.2) is 4.39 Å². The van der Waals surface area contributed by atoms with Gasteiger partial charge in [0.05, 0.1) is 0 Å². The quantitative estimate of drug-likeness (QED) is 0.813. The van der Waals surface area contributed by atoms with Gasteiger partial charge < -0.3 is 10.6 Å². The van der Waals surface area contributed by atoms with Gasteiger partial charge in [-0.15, -0.1) is 0 Å². The van der Waals surface area contributed by atoms with Crippen LogP contribution in [-0.4, -0.2) is 19.6 Å². The fourth-order valence-corrected chi connectivity index (χ4v) is 2.12. The monoisotopic (exact) mass is 222 g/mol. The third-order valence-electron chi connectivity index (χ3n) is 3.07. The summed E-state index contributed by atoms with van der Waals surface area (Å²) in [6.45, 7) is 4.16. The van der Waals surface area contributed by atoms with Crippen molar-refractivity contribution in [3.05, 3.63) is 35.6 Å². The number of piperidine rings is 1. The molecule has 0 spiro atoms. The molecule has 3 heteroatoms. The highest BCUT2D eigenvalue weighted by Gasteiger charge is 2.11. The maximum absolute atomic E-state index is 12.7. The van der Waals surface area contributed by atoms with Crippen LogP contribution in [0.4, 0.5) is 4.39 Å². The molecule has 1 aliphatic rings. The van der Waals surface area contributed by atoms with E-state index in [1.165, 1.54) is 25.0 Å². The van der Waals surface area contributed by atoms with E-state index in [2.05, 4.69) is 10.6 Å². The predicted molar refractivity (Wildman–Crippen MR) is 63.7 cm³/mol. The molecule has 0 bridgehead atoms. The summed E-state index contributed by atoms with van der Waals surface area (Å²) in [7, 11) is 0. The van der Waals surface area contributed by atoms with Crippen molar-refractivity contribution in [2.24, 2.45) is 5.92 Å². The van der Waals surface area contributed by atoms with Gasteiger partial charge in [0.15, 0.2) is 0 Å². The lowest BCUT2D eigenvalue weighted by atomic mass is 10.00. The van der Waals surface area contributed by atoms with Crippen LogP contribution >= 0.6 is 0 Å². The molecule has 1 fully saturated rings. The summed E-state index contributed by atoms with van der Waals surface area (Å²) in [4.78, 5) is 0. The van der Waals surface area contributed by atoms with E-state index in [0.29, 0.717) is 0 Å². The summed E-state index contributed by atoms with van der Waals surface area (Å²) in [6.07, 6.45) is 2.59. The molecule has 0 aliphatic carbocycles. The van der Waals surface area contributed by atoms with Crippen LogP contribution in [0.5, 0.6) is 0 Å². The summed E-state index contributed by atoms with van der Waals surface area (Å²) < 4.78 is 12.7. The Balaban J connectivity index is 1.69. The summed E-state index contributed by atoms with van der Waals surface area (Å²) in [5.74, 6) is 0.578. The Morgan fingerprint density at radius 2 is 2.12 bits per heavy atom. The minimum atomic E-state index is -0.166. The summed E-state index contributed by atoms with van der Waals surface area (Å²) in [5.41, 5.74) is 1.14. The van der Waals surface area contributed by atoms with Crippen LogP contribution in [0.15, 0.2) is 24.3 Å². The molecule has 0 saturated carbocycles. The van der Waals surface area contributed by atoms with Crippen LogP contribution in [0, 0.1) is 11.7 Å². The lowest BCUT2D eigenvalue weighted by molar-refractivity contribution is 0.360. The van der Waals surface area contributed by atoms with E-state index in [1.807, 2.05) is 12.1 Å². The van der Waals surface area contributed by atoms with E-state index in [9.17, 15) is 4.39 Å². The van der Waals surface area contributed by atoms with E-state index in [0.717, 1.165) is 37.7 Å². The first-order valence-electron chi connectivity index (χ1n) is 6.00. The summed E-state index contributed by atoms with van der Waals surface area (Å²) >= 11 is 0. The van der Waals surface area contributed by atoms with Gasteiger partial charge >= 0.3 is 0 Å². The summed E-state index contributed by atoms with van der Waals surface area (Å²) in [5, 5.41) is 6.83. The van der Waals surface area contributed by atoms with Gasteiger partial charge in [0.1, 0.15) is 5.82 Å². The average molecular weight is 222 g/mol. The molecule has 1 atom stereocenters. The van der Waals surface area contributed by atoms with Crippen molar-refractivity contribution in [3.8, 4) is 0 Å². The molecule has 2 N–H and O–H groups in total. The SMILES string of the molecule is Fc1ccc(CNC[C@H]2CCCNC2)cc1. The van der Waals surface area contributed by atoms with Gasteiger partial charge in [0, 0.05) is 6.54 Å². The number of nitrogens with one attached hydrogen (secondary N) is 2. The molecule has 1 aliphatic heterocycles. The highest BCUT2D eigenvalue weighted by Crippen LogP contribution is 2.09. The molecule has 0 unspecified atom stereocenters. The van der Waals surface area contributed by atoms with E-state index in [1.54, 1.807) is 0 Å². The van der Waals surface area contributed by atoms with Crippen molar-refractivity contribution in [1.82, 2.24) is 10.6 Å². The van der Waals surface area contributed by atoms with E-state index < -0.39 is 0 Å². The Morgan fingerprint density at radius 1 is 1.31 bits per heavy atom. The number of benzene rings is 1. The third kappa shape index (κ3) is 3.58. The zero-order chi connectivity index (χ0) is 11.2. The molecule has 0 aromatic heterocycles. The zero-order valence-electron chi connectivity index (χ0n) is 9.51. The molecule has 88 valence electrons. The molecular weight excluding hydrogens is 203 g/mol. The standard InChI is InChI=1S/C13H19FN2/c14-13-5-3-11(4-6-13)8-16-10-12-2-1-7-15-9-12/h3-6,12,15-16H,1-2,7-10H2/t12-/m0/s1. The highest BCUT2D eigenvalue weighted by molar-refractivity contribution is 5.15. The first kappa shape index (κ1) is 11.6. The topological polar surface area (TPSA) is 24.1 Å². The van der Waals surface area contributed by atoms with E-state index in [4.69, 9.17) is 0 Å². The van der Waals surface area contributed by atoms with Crippen molar-refractivity contribution >= 4 is 0 Å². The van der Waals surface area contributed by atoms with Crippen LogP contribution < -0.4 is 10.6 Å². The first-order valence-corrected chi connectivity index (χ1v) is 6.00. The van der Waals surface area contributed by atoms with Gasteiger partial charge in [0.2, 0.25) is 0 Å². The lowest BCUT2D eigenvalue weighted by Gasteiger charge is -2.22. The average Bonchev–Trinajstić information content (AvgIpc) is 2.33. The fraction of sp³-hybridized carbons (Fsp3) is 0.538. The Morgan fingerprint density at radius 3 is 2.81 bits per heavy atom. The van der Waals surface area contributed by atoms with E-state index in [-0.39, 0.29) is 5.82 Å². The highest BCUT2D eigenvalue weighted by atomic mass is 19.1. The summed E-state index contributed by atoms with van der Waals surface area (Å²) in [6, 6.07) is 6.70. The second kappa shape index (κ2) is 5.97. The van der Waals surface area contributed by atoms with Crippen molar-refractivity contribution in [1.29, 1.82) is 0 Å². The molecule has 1 heterocycles. The molecule has 2 nitrogen and oxygen atoms in total. The molecule has 16 heavy (non-hydrogen) atoms. The molecule has 0 amide bonds. The minimum Gasteiger partial charge on any atom is -0.316 e. The van der Waals surface area contributed by atoms with Gasteiger partial charge in [0.25, 0.3) is 0 Å². The van der Waals surface area contributed by atoms with Gasteiger partial charge in [-0.3, -0.25) is 0 Å². The van der Waals surface area contributed by atoms with Gasteiger partial charge in [-0.1, -0.05) is 12.1 Å². The normalized spacial score (nSPS) is 20.9. The van der Waals surface area contributed by atoms with Crippen molar-refractivity contribution in [2.75, 3.05) is 19.6 Å². The molecule has 0 radical (unpaired) electrons. The third-order valence-corrected chi connectivity index (χ3v) is 3.07. The number of rotatable bonds is 4. The number of hydrogen-bond donors (Lipinski definition) is 2. The van der Waals surface area contributed by atoms with Crippen molar-refractivity contribution in [2.45, 2.75) is 19.4 Å². The maximum atomic E-state index is 12.7. The van der Waals surface area contributed by atoms with E-state index >= 15 is 0 Å². The second-order valence-corrected chi connectivity index (χ2v) is 4.47. The maximum Gasteiger partial charge on any atom is 0.123 e. The molecule has 2 rings (SSSR count). The second-order valence-electron chi connectivity index (χ2n) is 4.47. The first-order chi connectivity index (χ1) is 7.84. The zero-order valence-corrected chi connectivity index (χ0v) is 9.51. The predicted octanol–water partition coefficient (Wildman–Crippen LogP) is 1.91. The lowest BCUT2D eigenvalue weighted by Crippen LogP contribution is -2.35. The molecular formula is C13H19FN2. The van der Waals surface area contributed by atoms with Gasteiger partial charge in [-0.2, -0.15) is 0 Å². The van der Waals surface area contributed by atoms with Crippen molar-refractivity contribution < 1.29 is 4.39 Å². The van der Waals surface area contributed by atoms with Gasteiger partial charge in [-0.05, 0) is 56.1 Å². The van der Waals surface area contributed by atoms with Crippen LogP contribution in [0.1, 0.15) is 18.4 Å². The Labute approximate surface area is 96.2 Å². The number of hydrogen-bond acceptors (Lipinski definition) is 2. The molecule has 1 aromatic carbocycles. The van der Waals surface area contributed by atoms with Crippen molar-refractivity contribution in [3.63, 3.8) is 0 Å². The molecule has 1 aromatic rings. The molecule has 1 saturated heterocycles. The van der Waals surface area contributed by atoms with Crippen LogP contribution in [0.25, 0.3) is 0 Å². The van der Waals surface area contributed by atoms with Crippen LogP contribution in [-0.2, 0) is 6.54 Å². The Kier molecular flexibility index (Phi) is 4.31. The van der Waals surface area contributed by atoms with Crippen LogP contribution in [0.3, 0.4) is 0 Å². The van der Waals surface area contributed by atoms with Crippen LogP contribution in [0.2, 0.25) is 0 Å².